The molecule has 1 amide bonds. The van der Waals surface area contributed by atoms with E-state index in [2.05, 4.69) is 0 Å². The third-order valence-electron chi connectivity index (χ3n) is 4.54. The van der Waals surface area contributed by atoms with Gasteiger partial charge in [0.25, 0.3) is 0 Å². The molecule has 34 heavy (non-hydrogen) atoms. The van der Waals surface area contributed by atoms with E-state index in [1.165, 1.54) is 18.1 Å². The standard InChI is InChI=1S/C26H33NO7/c1-4-31-24-19-21(11-13-23(24)34-18-17-33-22-9-7-6-8-10-22)12-14-25(28)27(15-16-30-3)20-26(29)32-5-2/h6-14,19H,4-5,15-18,20H2,1-3H3/b14-12+. The summed E-state index contributed by atoms with van der Waals surface area (Å²) in [6.07, 6.45) is 3.08. The molecule has 2 aromatic rings. The number of rotatable bonds is 15. The summed E-state index contributed by atoms with van der Waals surface area (Å²) in [7, 11) is 1.54. The summed E-state index contributed by atoms with van der Waals surface area (Å²) in [4.78, 5) is 25.8. The molecule has 8 heteroatoms. The molecule has 2 aromatic carbocycles. The lowest BCUT2D eigenvalue weighted by Crippen LogP contribution is -2.37. The van der Waals surface area contributed by atoms with Gasteiger partial charge in [0, 0.05) is 19.7 Å². The normalized spacial score (nSPS) is 10.7. The second-order valence-corrected chi connectivity index (χ2v) is 7.04. The molecule has 2 rings (SSSR count). The topological polar surface area (TPSA) is 83.5 Å². The molecule has 0 saturated heterocycles. The first-order chi connectivity index (χ1) is 16.6. The van der Waals surface area contributed by atoms with E-state index in [4.69, 9.17) is 23.7 Å². The molecule has 0 bridgehead atoms. The molecular weight excluding hydrogens is 438 g/mol. The highest BCUT2D eigenvalue weighted by Gasteiger charge is 2.15. The molecule has 0 aliphatic heterocycles. The fraction of sp³-hybridized carbons (Fsp3) is 0.385. The van der Waals surface area contributed by atoms with Crippen LogP contribution in [0.5, 0.6) is 17.2 Å². The van der Waals surface area contributed by atoms with Crippen molar-refractivity contribution in [2.45, 2.75) is 13.8 Å². The van der Waals surface area contributed by atoms with Crippen molar-refractivity contribution >= 4 is 18.0 Å². The maximum absolute atomic E-state index is 12.6. The molecule has 0 atom stereocenters. The zero-order valence-electron chi connectivity index (χ0n) is 20.0. The van der Waals surface area contributed by atoms with Crippen molar-refractivity contribution in [2.75, 3.05) is 53.2 Å². The Morgan fingerprint density at radius 3 is 2.35 bits per heavy atom. The number of hydrogen-bond acceptors (Lipinski definition) is 7. The van der Waals surface area contributed by atoms with Crippen LogP contribution in [0.2, 0.25) is 0 Å². The molecule has 8 nitrogen and oxygen atoms in total. The predicted molar refractivity (Wildman–Crippen MR) is 129 cm³/mol. The molecule has 0 saturated carbocycles. The van der Waals surface area contributed by atoms with Gasteiger partial charge in [0.05, 0.1) is 19.8 Å². The molecule has 0 spiro atoms. The van der Waals surface area contributed by atoms with Crippen molar-refractivity contribution in [3.8, 4) is 17.2 Å². The van der Waals surface area contributed by atoms with E-state index >= 15 is 0 Å². The Labute approximate surface area is 201 Å². The number of esters is 1. The van der Waals surface area contributed by atoms with Crippen LogP contribution in [0.3, 0.4) is 0 Å². The van der Waals surface area contributed by atoms with E-state index < -0.39 is 5.97 Å². The SMILES string of the molecule is CCOC(=O)CN(CCOC)C(=O)/C=C/c1ccc(OCCOc2ccccc2)c(OCC)c1. The van der Waals surface area contributed by atoms with Crippen LogP contribution >= 0.6 is 0 Å². The first-order valence-electron chi connectivity index (χ1n) is 11.3. The zero-order chi connectivity index (χ0) is 24.6. The van der Waals surface area contributed by atoms with Crippen molar-refractivity contribution in [1.29, 1.82) is 0 Å². The molecule has 0 unspecified atom stereocenters. The van der Waals surface area contributed by atoms with Gasteiger partial charge in [0.15, 0.2) is 11.5 Å². The molecular formula is C26H33NO7. The molecule has 0 heterocycles. The Kier molecular flexibility index (Phi) is 12.1. The Hall–Kier alpha value is -3.52. The number of benzene rings is 2. The van der Waals surface area contributed by atoms with Gasteiger partial charge in [0.2, 0.25) is 5.91 Å². The molecule has 0 fully saturated rings. The fourth-order valence-corrected chi connectivity index (χ4v) is 2.95. The summed E-state index contributed by atoms with van der Waals surface area (Å²) >= 11 is 0. The van der Waals surface area contributed by atoms with Crippen LogP contribution in [0.15, 0.2) is 54.6 Å². The second-order valence-electron chi connectivity index (χ2n) is 7.04. The van der Waals surface area contributed by atoms with Crippen molar-refractivity contribution in [3.63, 3.8) is 0 Å². The maximum Gasteiger partial charge on any atom is 0.325 e. The number of nitrogens with zero attached hydrogens (tertiary/aromatic N) is 1. The van der Waals surface area contributed by atoms with E-state index in [-0.39, 0.29) is 25.6 Å². The summed E-state index contributed by atoms with van der Waals surface area (Å²) in [5.74, 6) is 1.16. The van der Waals surface area contributed by atoms with E-state index in [1.54, 1.807) is 25.1 Å². The molecule has 0 aromatic heterocycles. The van der Waals surface area contributed by atoms with Gasteiger partial charge < -0.3 is 28.6 Å². The van der Waals surface area contributed by atoms with Crippen molar-refractivity contribution in [1.82, 2.24) is 4.90 Å². The van der Waals surface area contributed by atoms with Crippen molar-refractivity contribution in [3.05, 3.63) is 60.2 Å². The second kappa shape index (κ2) is 15.3. The Bertz CT molecular complexity index is 915. The fourth-order valence-electron chi connectivity index (χ4n) is 2.95. The highest BCUT2D eigenvalue weighted by molar-refractivity contribution is 5.93. The molecule has 0 aliphatic carbocycles. The third-order valence-corrected chi connectivity index (χ3v) is 4.54. The Balaban J connectivity index is 1.99. The van der Waals surface area contributed by atoms with E-state index in [1.807, 2.05) is 43.3 Å². The third kappa shape index (κ3) is 9.54. The van der Waals surface area contributed by atoms with E-state index in [0.717, 1.165) is 11.3 Å². The van der Waals surface area contributed by atoms with Gasteiger partial charge in [-0.15, -0.1) is 0 Å². The molecule has 184 valence electrons. The average molecular weight is 472 g/mol. The van der Waals surface area contributed by atoms with Crippen LogP contribution in [-0.2, 0) is 19.1 Å². The Morgan fingerprint density at radius 2 is 1.65 bits per heavy atom. The van der Waals surface area contributed by atoms with Gasteiger partial charge in [-0.2, -0.15) is 0 Å². The van der Waals surface area contributed by atoms with Crippen molar-refractivity contribution in [2.24, 2.45) is 0 Å². The minimum Gasteiger partial charge on any atom is -0.490 e. The van der Waals surface area contributed by atoms with Crippen LogP contribution < -0.4 is 14.2 Å². The van der Waals surface area contributed by atoms with E-state index in [0.29, 0.717) is 37.9 Å². The molecule has 0 aliphatic rings. The van der Waals surface area contributed by atoms with Gasteiger partial charge in [-0.3, -0.25) is 9.59 Å². The summed E-state index contributed by atoms with van der Waals surface area (Å²) in [6.45, 7) is 5.53. The highest BCUT2D eigenvalue weighted by Crippen LogP contribution is 2.29. The number of methoxy groups -OCH3 is 1. The summed E-state index contributed by atoms with van der Waals surface area (Å²) < 4.78 is 27.2. The number of amides is 1. The number of hydrogen-bond donors (Lipinski definition) is 0. The summed E-state index contributed by atoms with van der Waals surface area (Å²) in [6, 6.07) is 14.9. The lowest BCUT2D eigenvalue weighted by Gasteiger charge is -2.19. The average Bonchev–Trinajstić information content (AvgIpc) is 2.84. The number of para-hydroxylation sites is 1. The summed E-state index contributed by atoms with van der Waals surface area (Å²) in [5.41, 5.74) is 0.757. The first kappa shape index (κ1) is 26.7. The molecule has 0 N–H and O–H groups in total. The van der Waals surface area contributed by atoms with Gasteiger partial charge in [-0.05, 0) is 49.8 Å². The van der Waals surface area contributed by atoms with Gasteiger partial charge in [-0.1, -0.05) is 24.3 Å². The number of ether oxygens (including phenoxy) is 5. The van der Waals surface area contributed by atoms with Crippen molar-refractivity contribution < 1.29 is 33.3 Å². The summed E-state index contributed by atoms with van der Waals surface area (Å²) in [5, 5.41) is 0. The highest BCUT2D eigenvalue weighted by atomic mass is 16.5. The van der Waals surface area contributed by atoms with Crippen LogP contribution in [0.1, 0.15) is 19.4 Å². The van der Waals surface area contributed by atoms with Crippen LogP contribution in [0.25, 0.3) is 6.08 Å². The van der Waals surface area contributed by atoms with Crippen LogP contribution in [-0.4, -0.2) is 70.0 Å². The minimum absolute atomic E-state index is 0.137. The lowest BCUT2D eigenvalue weighted by molar-refractivity contribution is -0.148. The smallest absolute Gasteiger partial charge is 0.325 e. The zero-order valence-corrected chi connectivity index (χ0v) is 20.0. The van der Waals surface area contributed by atoms with Gasteiger partial charge >= 0.3 is 5.97 Å². The Morgan fingerprint density at radius 1 is 0.882 bits per heavy atom. The largest absolute Gasteiger partial charge is 0.490 e. The van der Waals surface area contributed by atoms with Gasteiger partial charge in [0.1, 0.15) is 25.5 Å². The predicted octanol–water partition coefficient (Wildman–Crippen LogP) is 3.59. The maximum atomic E-state index is 12.6. The monoisotopic (exact) mass is 471 g/mol. The first-order valence-corrected chi connectivity index (χ1v) is 11.3. The number of carbonyl (C=O) groups excluding carboxylic acids is 2. The quantitative estimate of drug-likeness (QED) is 0.223. The molecule has 0 radical (unpaired) electrons. The van der Waals surface area contributed by atoms with E-state index in [9.17, 15) is 9.59 Å². The van der Waals surface area contributed by atoms with Gasteiger partial charge in [-0.25, -0.2) is 0 Å². The van der Waals surface area contributed by atoms with Crippen LogP contribution in [0.4, 0.5) is 0 Å². The minimum atomic E-state index is -0.461. The lowest BCUT2D eigenvalue weighted by atomic mass is 10.2. The van der Waals surface area contributed by atoms with Crippen LogP contribution in [0, 0.1) is 0 Å². The number of carbonyl (C=O) groups is 2.